The van der Waals surface area contributed by atoms with Crippen molar-refractivity contribution in [2.75, 3.05) is 0 Å². The van der Waals surface area contributed by atoms with Crippen LogP contribution in [0.2, 0.25) is 0 Å². The molecule has 0 aromatic carbocycles. The molecule has 1 aliphatic rings. The van der Waals surface area contributed by atoms with Crippen molar-refractivity contribution in [2.45, 2.75) is 47.1 Å². The number of hydrogen-bond donors (Lipinski definition) is 1. The highest BCUT2D eigenvalue weighted by Crippen LogP contribution is 2.42. The number of hydrogen-bond acceptors (Lipinski definition) is 1. The maximum absolute atomic E-state index is 10.9. The highest BCUT2D eigenvalue weighted by atomic mass is 16.3. The summed E-state index contributed by atoms with van der Waals surface area (Å²) in [7, 11) is 0. The van der Waals surface area contributed by atoms with Crippen molar-refractivity contribution in [3.8, 4) is 0 Å². The minimum absolute atomic E-state index is 0.248. The first kappa shape index (κ1) is 13.5. The molecule has 92 valence electrons. The van der Waals surface area contributed by atoms with Crippen LogP contribution in [0.3, 0.4) is 0 Å². The Kier molecular flexibility index (Phi) is 4.01. The monoisotopic (exact) mass is 222 g/mol. The molecular weight excluding hydrogens is 196 g/mol. The van der Waals surface area contributed by atoms with E-state index in [4.69, 9.17) is 0 Å². The summed E-state index contributed by atoms with van der Waals surface area (Å²) >= 11 is 0. The molecule has 2 unspecified atom stereocenters. The Hall–Kier alpha value is -0.560. The zero-order chi connectivity index (χ0) is 12.5. The highest BCUT2D eigenvalue weighted by Gasteiger charge is 2.42. The van der Waals surface area contributed by atoms with Crippen LogP contribution in [0.4, 0.5) is 0 Å². The second-order valence-electron chi connectivity index (χ2n) is 5.94. The standard InChI is InChI=1S/C15H26O/c1-10(2)13-8-7-9-15(16,12(5)6)14(13)11(3)4/h7-12,14,16H,1-6H3. The van der Waals surface area contributed by atoms with Crippen molar-refractivity contribution in [2.24, 2.45) is 23.7 Å². The smallest absolute Gasteiger partial charge is 0.0921 e. The molecule has 0 fully saturated rings. The summed E-state index contributed by atoms with van der Waals surface area (Å²) < 4.78 is 0. The van der Waals surface area contributed by atoms with Crippen molar-refractivity contribution in [3.05, 3.63) is 23.8 Å². The highest BCUT2D eigenvalue weighted by molar-refractivity contribution is 5.31. The van der Waals surface area contributed by atoms with Crippen LogP contribution in [-0.2, 0) is 0 Å². The number of allylic oxidation sites excluding steroid dienone is 2. The van der Waals surface area contributed by atoms with Gasteiger partial charge in [0, 0.05) is 5.92 Å². The van der Waals surface area contributed by atoms with Gasteiger partial charge in [-0.3, -0.25) is 0 Å². The van der Waals surface area contributed by atoms with Gasteiger partial charge in [0.1, 0.15) is 0 Å². The first-order chi connectivity index (χ1) is 7.30. The van der Waals surface area contributed by atoms with Gasteiger partial charge in [0.05, 0.1) is 5.60 Å². The molecule has 1 heteroatoms. The van der Waals surface area contributed by atoms with Gasteiger partial charge in [-0.25, -0.2) is 0 Å². The molecule has 0 aromatic rings. The van der Waals surface area contributed by atoms with E-state index in [1.54, 1.807) is 0 Å². The van der Waals surface area contributed by atoms with Crippen molar-refractivity contribution >= 4 is 0 Å². The van der Waals surface area contributed by atoms with E-state index in [0.29, 0.717) is 11.8 Å². The van der Waals surface area contributed by atoms with E-state index in [-0.39, 0.29) is 11.8 Å². The molecule has 0 saturated heterocycles. The van der Waals surface area contributed by atoms with Crippen LogP contribution < -0.4 is 0 Å². The molecule has 0 amide bonds. The molecule has 0 aliphatic heterocycles. The normalized spacial score (nSPS) is 30.4. The molecule has 1 rings (SSSR count). The Balaban J connectivity index is 3.16. The number of aliphatic hydroxyl groups is 1. The quantitative estimate of drug-likeness (QED) is 0.770. The fraction of sp³-hybridized carbons (Fsp3) is 0.733. The molecule has 0 saturated carbocycles. The van der Waals surface area contributed by atoms with Crippen LogP contribution in [-0.4, -0.2) is 10.7 Å². The minimum atomic E-state index is -0.678. The van der Waals surface area contributed by atoms with Gasteiger partial charge >= 0.3 is 0 Å². The predicted octanol–water partition coefficient (Wildman–Crippen LogP) is 3.80. The largest absolute Gasteiger partial charge is 0.385 e. The third-order valence-corrected chi connectivity index (χ3v) is 3.77. The van der Waals surface area contributed by atoms with E-state index in [0.717, 1.165) is 0 Å². The molecule has 2 atom stereocenters. The summed E-state index contributed by atoms with van der Waals surface area (Å²) in [6.45, 7) is 13.0. The zero-order valence-electron chi connectivity index (χ0n) is 11.5. The average molecular weight is 222 g/mol. The lowest BCUT2D eigenvalue weighted by atomic mass is 9.65. The van der Waals surface area contributed by atoms with Gasteiger partial charge < -0.3 is 5.11 Å². The van der Waals surface area contributed by atoms with Crippen molar-refractivity contribution < 1.29 is 5.11 Å². The zero-order valence-corrected chi connectivity index (χ0v) is 11.5. The van der Waals surface area contributed by atoms with E-state index in [1.165, 1.54) is 5.57 Å². The summed E-state index contributed by atoms with van der Waals surface area (Å²) in [5.41, 5.74) is 0.705. The van der Waals surface area contributed by atoms with Gasteiger partial charge in [-0.15, -0.1) is 0 Å². The first-order valence-electron chi connectivity index (χ1n) is 6.42. The lowest BCUT2D eigenvalue weighted by Crippen LogP contribution is -2.46. The lowest BCUT2D eigenvalue weighted by molar-refractivity contribution is -0.0213. The molecular formula is C15H26O. The Morgan fingerprint density at radius 3 is 2.06 bits per heavy atom. The van der Waals surface area contributed by atoms with E-state index in [1.807, 2.05) is 12.2 Å². The Morgan fingerprint density at radius 2 is 1.69 bits per heavy atom. The fourth-order valence-electron chi connectivity index (χ4n) is 2.81. The van der Waals surface area contributed by atoms with E-state index in [2.05, 4.69) is 47.6 Å². The summed E-state index contributed by atoms with van der Waals surface area (Å²) in [6, 6.07) is 0. The molecule has 0 spiro atoms. The second-order valence-corrected chi connectivity index (χ2v) is 5.94. The van der Waals surface area contributed by atoms with E-state index in [9.17, 15) is 5.11 Å². The molecule has 1 aliphatic carbocycles. The van der Waals surface area contributed by atoms with Crippen LogP contribution in [0.1, 0.15) is 41.5 Å². The third kappa shape index (κ3) is 2.24. The van der Waals surface area contributed by atoms with Gasteiger partial charge in [-0.05, 0) is 17.8 Å². The van der Waals surface area contributed by atoms with Gasteiger partial charge in [0.2, 0.25) is 0 Å². The van der Waals surface area contributed by atoms with E-state index >= 15 is 0 Å². The van der Waals surface area contributed by atoms with Crippen LogP contribution in [0.15, 0.2) is 23.8 Å². The van der Waals surface area contributed by atoms with E-state index < -0.39 is 5.60 Å². The molecule has 0 bridgehead atoms. The van der Waals surface area contributed by atoms with Crippen LogP contribution >= 0.6 is 0 Å². The van der Waals surface area contributed by atoms with Crippen LogP contribution in [0.5, 0.6) is 0 Å². The predicted molar refractivity (Wildman–Crippen MR) is 70.2 cm³/mol. The Bertz CT molecular complexity index is 297. The van der Waals surface area contributed by atoms with Crippen molar-refractivity contribution in [3.63, 3.8) is 0 Å². The molecule has 1 nitrogen and oxygen atoms in total. The summed E-state index contributed by atoms with van der Waals surface area (Å²) in [5.74, 6) is 1.46. The minimum Gasteiger partial charge on any atom is -0.385 e. The SMILES string of the molecule is CC(C)C1=CC=CC(O)(C(C)C)C1C(C)C. The molecule has 0 heterocycles. The van der Waals surface area contributed by atoms with Gasteiger partial charge in [0.15, 0.2) is 0 Å². The summed E-state index contributed by atoms with van der Waals surface area (Å²) in [4.78, 5) is 0. The first-order valence-corrected chi connectivity index (χ1v) is 6.42. The summed E-state index contributed by atoms with van der Waals surface area (Å²) in [6.07, 6.45) is 6.19. The average Bonchev–Trinajstić information content (AvgIpc) is 2.16. The van der Waals surface area contributed by atoms with Gasteiger partial charge in [-0.1, -0.05) is 65.3 Å². The van der Waals surface area contributed by atoms with Gasteiger partial charge in [-0.2, -0.15) is 0 Å². The molecule has 16 heavy (non-hydrogen) atoms. The maximum Gasteiger partial charge on any atom is 0.0921 e. The molecule has 0 aromatic heterocycles. The Morgan fingerprint density at radius 1 is 1.12 bits per heavy atom. The summed E-state index contributed by atoms with van der Waals surface area (Å²) in [5, 5.41) is 10.9. The lowest BCUT2D eigenvalue weighted by Gasteiger charge is -2.44. The second kappa shape index (κ2) is 4.75. The van der Waals surface area contributed by atoms with Crippen molar-refractivity contribution in [1.82, 2.24) is 0 Å². The van der Waals surface area contributed by atoms with Crippen LogP contribution in [0.25, 0.3) is 0 Å². The molecule has 0 radical (unpaired) electrons. The van der Waals surface area contributed by atoms with Gasteiger partial charge in [0.25, 0.3) is 0 Å². The van der Waals surface area contributed by atoms with Crippen LogP contribution in [0, 0.1) is 23.7 Å². The maximum atomic E-state index is 10.9. The fourth-order valence-corrected chi connectivity index (χ4v) is 2.81. The van der Waals surface area contributed by atoms with Crippen molar-refractivity contribution in [1.29, 1.82) is 0 Å². The molecule has 1 N–H and O–H groups in total. The Labute approximate surface area is 100 Å². The number of rotatable bonds is 3. The topological polar surface area (TPSA) is 20.2 Å². The third-order valence-electron chi connectivity index (χ3n) is 3.77.